The van der Waals surface area contributed by atoms with Crippen molar-refractivity contribution in [3.8, 4) is 0 Å². The van der Waals surface area contributed by atoms with Crippen LogP contribution >= 0.6 is 46.4 Å². The van der Waals surface area contributed by atoms with Gasteiger partial charge >= 0.3 is 12.4 Å². The first-order chi connectivity index (χ1) is 16.5. The third-order valence-electron chi connectivity index (χ3n) is 4.89. The Bertz CT molecular complexity index is 1190. The fourth-order valence-electron chi connectivity index (χ4n) is 3.16. The molecule has 16 heteroatoms. The van der Waals surface area contributed by atoms with Crippen LogP contribution in [0.3, 0.4) is 0 Å². The van der Waals surface area contributed by atoms with Gasteiger partial charge in [-0.05, 0) is 41.5 Å². The van der Waals surface area contributed by atoms with Gasteiger partial charge in [-0.1, -0.05) is 51.6 Å². The first-order valence-electron chi connectivity index (χ1n) is 9.52. The van der Waals surface area contributed by atoms with Crippen molar-refractivity contribution in [2.24, 2.45) is 5.16 Å². The molecule has 1 aliphatic heterocycles. The molecule has 0 aromatic heterocycles. The number of alkyl halides is 6. The van der Waals surface area contributed by atoms with Crippen LogP contribution in [0.5, 0.6) is 0 Å². The van der Waals surface area contributed by atoms with Crippen molar-refractivity contribution >= 4 is 69.2 Å². The zero-order chi connectivity index (χ0) is 27.1. The summed E-state index contributed by atoms with van der Waals surface area (Å²) in [7, 11) is 0. The Morgan fingerprint density at radius 1 is 1.06 bits per heavy atom. The lowest BCUT2D eigenvalue weighted by Gasteiger charge is -2.30. The standard InChI is InChI=1S/C20H12Cl4F6N2O3S/c21-11-3-9(1-2-15(11)36(34)7-16(33)31-8-19(25,26)27)14-6-18(35-32-14,20(28,29)30)10-4-12(22)17(24)13(23)5-10/h1-5H,6-8H2,(H,31,33)/t18-,36?/m0/s1. The minimum Gasteiger partial charge on any atom is -0.611 e. The van der Waals surface area contributed by atoms with E-state index in [0.29, 0.717) is 0 Å². The van der Waals surface area contributed by atoms with E-state index in [1.807, 2.05) is 0 Å². The van der Waals surface area contributed by atoms with E-state index in [-0.39, 0.29) is 36.3 Å². The summed E-state index contributed by atoms with van der Waals surface area (Å²) in [6.45, 7) is -1.60. The third-order valence-corrected chi connectivity index (χ3v) is 7.89. The molecule has 0 spiro atoms. The molecule has 0 bridgehead atoms. The number of amides is 1. The van der Waals surface area contributed by atoms with E-state index in [2.05, 4.69) is 5.16 Å². The van der Waals surface area contributed by atoms with Gasteiger partial charge in [0.25, 0.3) is 11.5 Å². The van der Waals surface area contributed by atoms with Crippen LogP contribution in [0, 0.1) is 0 Å². The maximum atomic E-state index is 14.2. The molecule has 2 atom stereocenters. The molecule has 5 nitrogen and oxygen atoms in total. The Kier molecular flexibility index (Phi) is 8.59. The van der Waals surface area contributed by atoms with Gasteiger partial charge in [0.15, 0.2) is 10.6 Å². The molecule has 2 aromatic rings. The fourth-order valence-corrected chi connectivity index (χ4v) is 5.19. The largest absolute Gasteiger partial charge is 0.611 e. The summed E-state index contributed by atoms with van der Waals surface area (Å²) in [5.41, 5.74) is -3.47. The minimum atomic E-state index is -4.96. The van der Waals surface area contributed by atoms with Crippen LogP contribution in [-0.4, -0.2) is 40.8 Å². The van der Waals surface area contributed by atoms with Crippen molar-refractivity contribution < 1.29 is 40.5 Å². The molecular weight excluding hydrogens is 604 g/mol. The van der Waals surface area contributed by atoms with Gasteiger partial charge in [0, 0.05) is 17.5 Å². The van der Waals surface area contributed by atoms with Gasteiger partial charge in [-0.2, -0.15) is 26.3 Å². The average Bonchev–Trinajstić information content (AvgIpc) is 3.22. The first-order valence-corrected chi connectivity index (χ1v) is 12.4. The Labute approximate surface area is 222 Å². The average molecular weight is 616 g/mol. The van der Waals surface area contributed by atoms with Gasteiger partial charge < -0.3 is 14.7 Å². The number of hydrogen-bond acceptors (Lipinski definition) is 4. The van der Waals surface area contributed by atoms with Crippen LogP contribution in [0.15, 0.2) is 40.4 Å². The summed E-state index contributed by atoms with van der Waals surface area (Å²) >= 11 is 21.6. The van der Waals surface area contributed by atoms with Crippen LogP contribution in [0.2, 0.25) is 20.1 Å². The van der Waals surface area contributed by atoms with Gasteiger partial charge in [0.1, 0.15) is 6.54 Å². The third kappa shape index (κ3) is 6.28. The summed E-state index contributed by atoms with van der Waals surface area (Å²) in [6, 6.07) is 5.48. The normalized spacial score (nSPS) is 19.0. The van der Waals surface area contributed by atoms with Crippen LogP contribution in [0.1, 0.15) is 17.5 Å². The summed E-state index contributed by atoms with van der Waals surface area (Å²) in [5.74, 6) is -1.94. The van der Waals surface area contributed by atoms with E-state index in [1.54, 1.807) is 5.32 Å². The molecule has 1 heterocycles. The van der Waals surface area contributed by atoms with E-state index in [0.717, 1.165) is 24.3 Å². The Morgan fingerprint density at radius 3 is 2.19 bits per heavy atom. The maximum Gasteiger partial charge on any atom is 0.435 e. The van der Waals surface area contributed by atoms with Crippen molar-refractivity contribution in [3.63, 3.8) is 0 Å². The van der Waals surface area contributed by atoms with E-state index < -0.39 is 59.3 Å². The monoisotopic (exact) mass is 614 g/mol. The van der Waals surface area contributed by atoms with E-state index in [9.17, 15) is 35.7 Å². The van der Waals surface area contributed by atoms with Crippen LogP contribution in [-0.2, 0) is 26.4 Å². The molecule has 1 N–H and O–H groups in total. The second-order valence-corrected chi connectivity index (χ2v) is 10.4. The SMILES string of the molecule is O=C(C[S+]([O-])c1ccc(C2=NO[C@@](c3cc(Cl)c(Cl)c(Cl)c3)(C(F)(F)F)C2)cc1Cl)NCC(F)(F)F. The zero-order valence-corrected chi connectivity index (χ0v) is 21.2. The second kappa shape index (κ2) is 10.7. The summed E-state index contributed by atoms with van der Waals surface area (Å²) < 4.78 is 91.5. The molecule has 0 saturated carbocycles. The zero-order valence-electron chi connectivity index (χ0n) is 17.4. The predicted molar refractivity (Wildman–Crippen MR) is 123 cm³/mol. The van der Waals surface area contributed by atoms with Crippen molar-refractivity contribution in [3.05, 3.63) is 61.5 Å². The lowest BCUT2D eigenvalue weighted by molar-refractivity contribution is -0.275. The number of rotatable bonds is 6. The number of benzene rings is 2. The van der Waals surface area contributed by atoms with Crippen molar-refractivity contribution in [1.29, 1.82) is 0 Å². The van der Waals surface area contributed by atoms with Gasteiger partial charge in [-0.15, -0.1) is 0 Å². The number of oxime groups is 1. The van der Waals surface area contributed by atoms with Crippen molar-refractivity contribution in [2.45, 2.75) is 29.3 Å². The van der Waals surface area contributed by atoms with E-state index >= 15 is 0 Å². The number of carbonyl (C=O) groups excluding carboxylic acids is 1. The molecule has 196 valence electrons. The molecule has 2 aromatic carbocycles. The molecule has 0 radical (unpaired) electrons. The van der Waals surface area contributed by atoms with Crippen LogP contribution in [0.4, 0.5) is 26.3 Å². The number of nitrogens with one attached hydrogen (secondary N) is 1. The van der Waals surface area contributed by atoms with Gasteiger partial charge in [0.05, 0.1) is 25.8 Å². The number of hydrogen-bond donors (Lipinski definition) is 1. The Balaban J connectivity index is 1.82. The molecule has 0 aliphatic carbocycles. The minimum absolute atomic E-state index is 0.0829. The lowest BCUT2D eigenvalue weighted by Crippen LogP contribution is -2.42. The Hall–Kier alpha value is -1.57. The first kappa shape index (κ1) is 29.0. The molecule has 1 unspecified atom stereocenters. The highest BCUT2D eigenvalue weighted by Gasteiger charge is 2.62. The molecular formula is C20H12Cl4F6N2O3S. The summed E-state index contributed by atoms with van der Waals surface area (Å²) in [4.78, 5) is 16.4. The predicted octanol–water partition coefficient (Wildman–Crippen LogP) is 6.67. The quantitative estimate of drug-likeness (QED) is 0.224. The van der Waals surface area contributed by atoms with E-state index in [4.69, 9.17) is 51.2 Å². The number of halogens is 10. The maximum absolute atomic E-state index is 14.2. The van der Waals surface area contributed by atoms with Crippen molar-refractivity contribution in [2.75, 3.05) is 12.3 Å². The van der Waals surface area contributed by atoms with Gasteiger partial charge in [0.2, 0.25) is 0 Å². The molecule has 0 saturated heterocycles. The molecule has 0 fully saturated rings. The van der Waals surface area contributed by atoms with E-state index in [1.165, 1.54) is 6.07 Å². The number of carbonyl (C=O) groups is 1. The lowest BCUT2D eigenvalue weighted by atomic mass is 9.86. The second-order valence-electron chi connectivity index (χ2n) is 7.41. The smallest absolute Gasteiger partial charge is 0.435 e. The summed E-state index contributed by atoms with van der Waals surface area (Å²) in [6.07, 6.45) is -10.4. The fraction of sp³-hybridized carbons (Fsp3) is 0.300. The molecule has 3 rings (SSSR count). The van der Waals surface area contributed by atoms with Crippen LogP contribution < -0.4 is 5.32 Å². The van der Waals surface area contributed by atoms with Gasteiger partial charge in [-0.25, -0.2) is 0 Å². The van der Waals surface area contributed by atoms with Gasteiger partial charge in [-0.3, -0.25) is 4.79 Å². The highest BCUT2D eigenvalue weighted by atomic mass is 35.5. The molecule has 36 heavy (non-hydrogen) atoms. The van der Waals surface area contributed by atoms with Crippen LogP contribution in [0.25, 0.3) is 0 Å². The number of nitrogens with zero attached hydrogens (tertiary/aromatic N) is 1. The molecule has 1 amide bonds. The highest BCUT2D eigenvalue weighted by Crippen LogP contribution is 2.50. The Morgan fingerprint density at radius 2 is 1.67 bits per heavy atom. The van der Waals surface area contributed by atoms with Crippen molar-refractivity contribution in [1.82, 2.24) is 5.32 Å². The highest BCUT2D eigenvalue weighted by molar-refractivity contribution is 7.92. The molecule has 1 aliphatic rings. The summed E-state index contributed by atoms with van der Waals surface area (Å²) in [5, 5.41) is 4.34. The topological polar surface area (TPSA) is 73.8 Å².